The van der Waals surface area contributed by atoms with Crippen LogP contribution in [0.4, 0.5) is 0 Å². The number of aliphatic hydroxyl groups is 1. The van der Waals surface area contributed by atoms with Gasteiger partial charge in [0.05, 0.1) is 18.8 Å². The van der Waals surface area contributed by atoms with Crippen molar-refractivity contribution in [1.29, 1.82) is 0 Å². The molecule has 82 valence electrons. The molecule has 1 aliphatic rings. The number of β-amino-alcohol motifs (C(OH)–C–C–N with tert-alkyl or cyclic N) is 1. The number of hydrogen-bond donors (Lipinski definition) is 3. The predicted octanol–water partition coefficient (Wildman–Crippen LogP) is -1.14. The second-order valence-electron chi connectivity index (χ2n) is 3.34. The Hall–Kier alpha value is -0.650. The SMILES string of the molecule is CCOCCNC(=O)C1CC(O)CN1. The predicted molar refractivity (Wildman–Crippen MR) is 51.9 cm³/mol. The van der Waals surface area contributed by atoms with Crippen LogP contribution in [-0.2, 0) is 9.53 Å². The lowest BCUT2D eigenvalue weighted by molar-refractivity contribution is -0.123. The molecule has 1 aliphatic heterocycles. The summed E-state index contributed by atoms with van der Waals surface area (Å²) in [5, 5.41) is 14.9. The van der Waals surface area contributed by atoms with E-state index in [1.54, 1.807) is 0 Å². The zero-order valence-corrected chi connectivity index (χ0v) is 8.45. The van der Waals surface area contributed by atoms with Crippen molar-refractivity contribution in [2.24, 2.45) is 0 Å². The molecule has 14 heavy (non-hydrogen) atoms. The lowest BCUT2D eigenvalue weighted by Crippen LogP contribution is -2.41. The summed E-state index contributed by atoms with van der Waals surface area (Å²) in [5.41, 5.74) is 0. The fourth-order valence-corrected chi connectivity index (χ4v) is 1.43. The van der Waals surface area contributed by atoms with Crippen LogP contribution in [0.15, 0.2) is 0 Å². The molecule has 1 rings (SSSR count). The summed E-state index contributed by atoms with van der Waals surface area (Å²) in [7, 11) is 0. The molecule has 2 atom stereocenters. The maximum atomic E-state index is 11.4. The Labute approximate surface area is 83.8 Å². The highest BCUT2D eigenvalue weighted by atomic mass is 16.5. The van der Waals surface area contributed by atoms with E-state index >= 15 is 0 Å². The Morgan fingerprint density at radius 3 is 3.07 bits per heavy atom. The number of carbonyl (C=O) groups excluding carboxylic acids is 1. The molecule has 0 radical (unpaired) electrons. The van der Waals surface area contributed by atoms with Crippen LogP contribution in [0, 0.1) is 0 Å². The largest absolute Gasteiger partial charge is 0.392 e. The van der Waals surface area contributed by atoms with Crippen molar-refractivity contribution < 1.29 is 14.6 Å². The molecule has 1 fully saturated rings. The molecule has 0 aromatic carbocycles. The Balaban J connectivity index is 2.09. The van der Waals surface area contributed by atoms with Crippen molar-refractivity contribution in [3.8, 4) is 0 Å². The first-order valence-electron chi connectivity index (χ1n) is 5.01. The molecule has 1 amide bonds. The van der Waals surface area contributed by atoms with Crippen molar-refractivity contribution in [2.45, 2.75) is 25.5 Å². The number of amides is 1. The maximum Gasteiger partial charge on any atom is 0.237 e. The molecule has 0 saturated carbocycles. The van der Waals surface area contributed by atoms with Gasteiger partial charge in [-0.2, -0.15) is 0 Å². The van der Waals surface area contributed by atoms with Gasteiger partial charge in [0.2, 0.25) is 5.91 Å². The van der Waals surface area contributed by atoms with Crippen molar-refractivity contribution >= 4 is 5.91 Å². The molecule has 0 bridgehead atoms. The monoisotopic (exact) mass is 202 g/mol. The Kier molecular flexibility index (Phi) is 4.86. The van der Waals surface area contributed by atoms with Crippen molar-refractivity contribution in [2.75, 3.05) is 26.3 Å². The van der Waals surface area contributed by atoms with Gasteiger partial charge in [-0.25, -0.2) is 0 Å². The zero-order chi connectivity index (χ0) is 10.4. The lowest BCUT2D eigenvalue weighted by Gasteiger charge is -2.10. The molecule has 1 saturated heterocycles. The number of aliphatic hydroxyl groups excluding tert-OH is 1. The standard InChI is InChI=1S/C9H18N2O3/c1-2-14-4-3-10-9(13)8-5-7(12)6-11-8/h7-8,11-12H,2-6H2,1H3,(H,10,13). The van der Waals surface area contributed by atoms with Gasteiger partial charge in [0.15, 0.2) is 0 Å². The summed E-state index contributed by atoms with van der Waals surface area (Å²) < 4.78 is 5.08. The highest BCUT2D eigenvalue weighted by Crippen LogP contribution is 2.05. The minimum Gasteiger partial charge on any atom is -0.392 e. The second kappa shape index (κ2) is 5.95. The quantitative estimate of drug-likeness (QED) is 0.493. The van der Waals surface area contributed by atoms with Gasteiger partial charge < -0.3 is 20.5 Å². The number of carbonyl (C=O) groups is 1. The zero-order valence-electron chi connectivity index (χ0n) is 8.45. The van der Waals surface area contributed by atoms with Gasteiger partial charge in [-0.3, -0.25) is 4.79 Å². The smallest absolute Gasteiger partial charge is 0.237 e. The maximum absolute atomic E-state index is 11.4. The summed E-state index contributed by atoms with van der Waals surface area (Å²) in [4.78, 5) is 11.4. The minimum atomic E-state index is -0.391. The van der Waals surface area contributed by atoms with Crippen LogP contribution in [0.3, 0.4) is 0 Å². The molecule has 3 N–H and O–H groups in total. The topological polar surface area (TPSA) is 70.6 Å². The number of nitrogens with one attached hydrogen (secondary N) is 2. The first kappa shape index (κ1) is 11.4. The lowest BCUT2D eigenvalue weighted by atomic mass is 10.2. The summed E-state index contributed by atoms with van der Waals surface area (Å²) in [5.74, 6) is -0.0544. The fourth-order valence-electron chi connectivity index (χ4n) is 1.43. The molecule has 1 heterocycles. The average Bonchev–Trinajstić information content (AvgIpc) is 2.59. The van der Waals surface area contributed by atoms with Gasteiger partial charge in [-0.05, 0) is 13.3 Å². The molecule has 2 unspecified atom stereocenters. The van der Waals surface area contributed by atoms with Crippen LogP contribution in [-0.4, -0.2) is 49.5 Å². The third kappa shape index (κ3) is 3.61. The van der Waals surface area contributed by atoms with E-state index in [9.17, 15) is 9.90 Å². The summed E-state index contributed by atoms with van der Waals surface area (Å²) in [6.45, 7) is 4.15. The van der Waals surface area contributed by atoms with Crippen molar-refractivity contribution in [1.82, 2.24) is 10.6 Å². The van der Waals surface area contributed by atoms with Crippen LogP contribution in [0.25, 0.3) is 0 Å². The average molecular weight is 202 g/mol. The van der Waals surface area contributed by atoms with E-state index in [2.05, 4.69) is 10.6 Å². The van der Waals surface area contributed by atoms with Gasteiger partial charge in [0, 0.05) is 19.7 Å². The first-order chi connectivity index (χ1) is 6.74. The van der Waals surface area contributed by atoms with E-state index in [0.717, 1.165) is 0 Å². The minimum absolute atomic E-state index is 0.0544. The van der Waals surface area contributed by atoms with Crippen LogP contribution in [0.2, 0.25) is 0 Å². The third-order valence-corrected chi connectivity index (χ3v) is 2.17. The van der Waals surface area contributed by atoms with Crippen molar-refractivity contribution in [3.63, 3.8) is 0 Å². The summed E-state index contributed by atoms with van der Waals surface area (Å²) >= 11 is 0. The van der Waals surface area contributed by atoms with E-state index < -0.39 is 6.10 Å². The second-order valence-corrected chi connectivity index (χ2v) is 3.34. The molecule has 0 aromatic rings. The van der Waals surface area contributed by atoms with Crippen LogP contribution < -0.4 is 10.6 Å². The molecule has 5 heteroatoms. The molecule has 0 aromatic heterocycles. The van der Waals surface area contributed by atoms with Gasteiger partial charge in [0.1, 0.15) is 0 Å². The normalized spacial score (nSPS) is 26.4. The first-order valence-corrected chi connectivity index (χ1v) is 5.01. The highest BCUT2D eigenvalue weighted by molar-refractivity contribution is 5.82. The molecule has 0 aliphatic carbocycles. The number of rotatable bonds is 5. The van der Waals surface area contributed by atoms with Crippen LogP contribution >= 0.6 is 0 Å². The van der Waals surface area contributed by atoms with Gasteiger partial charge >= 0.3 is 0 Å². The fraction of sp³-hybridized carbons (Fsp3) is 0.889. The van der Waals surface area contributed by atoms with E-state index in [4.69, 9.17) is 4.74 Å². The van der Waals surface area contributed by atoms with E-state index in [0.29, 0.717) is 32.7 Å². The van der Waals surface area contributed by atoms with E-state index in [1.807, 2.05) is 6.92 Å². The molecule has 5 nitrogen and oxygen atoms in total. The molecular formula is C9H18N2O3. The Morgan fingerprint density at radius 2 is 2.50 bits per heavy atom. The van der Waals surface area contributed by atoms with Gasteiger partial charge in [-0.1, -0.05) is 0 Å². The van der Waals surface area contributed by atoms with Gasteiger partial charge in [0.25, 0.3) is 0 Å². The third-order valence-electron chi connectivity index (χ3n) is 2.17. The molecular weight excluding hydrogens is 184 g/mol. The van der Waals surface area contributed by atoms with Crippen LogP contribution in [0.5, 0.6) is 0 Å². The van der Waals surface area contributed by atoms with Crippen LogP contribution in [0.1, 0.15) is 13.3 Å². The summed E-state index contributed by atoms with van der Waals surface area (Å²) in [6, 6.07) is -0.244. The van der Waals surface area contributed by atoms with E-state index in [-0.39, 0.29) is 11.9 Å². The Morgan fingerprint density at radius 1 is 1.71 bits per heavy atom. The van der Waals surface area contributed by atoms with E-state index in [1.165, 1.54) is 0 Å². The number of hydrogen-bond acceptors (Lipinski definition) is 4. The van der Waals surface area contributed by atoms with Gasteiger partial charge in [-0.15, -0.1) is 0 Å². The Bertz CT molecular complexity index is 187. The molecule has 0 spiro atoms. The number of ether oxygens (including phenoxy) is 1. The van der Waals surface area contributed by atoms with Crippen molar-refractivity contribution in [3.05, 3.63) is 0 Å². The summed E-state index contributed by atoms with van der Waals surface area (Å²) in [6.07, 6.45) is 0.109. The highest BCUT2D eigenvalue weighted by Gasteiger charge is 2.27.